The summed E-state index contributed by atoms with van der Waals surface area (Å²) in [4.78, 5) is 14.2. The first-order valence-electron chi connectivity index (χ1n) is 7.54. The van der Waals surface area contributed by atoms with Crippen molar-refractivity contribution in [3.8, 4) is 5.75 Å². The van der Waals surface area contributed by atoms with Gasteiger partial charge in [-0.05, 0) is 30.7 Å². The highest BCUT2D eigenvalue weighted by atomic mass is 16.5. The van der Waals surface area contributed by atoms with Gasteiger partial charge in [0.2, 0.25) is 0 Å². The van der Waals surface area contributed by atoms with Crippen LogP contribution in [-0.2, 0) is 0 Å². The molecule has 0 unspecified atom stereocenters. The minimum atomic E-state index is 0.115. The fraction of sp³-hybridized carbons (Fsp3) is 0.562. The minimum absolute atomic E-state index is 0.115. The summed E-state index contributed by atoms with van der Waals surface area (Å²) >= 11 is 0. The van der Waals surface area contributed by atoms with Crippen LogP contribution in [0.4, 0.5) is 0 Å². The number of hydrogen-bond acceptors (Lipinski definition) is 3. The van der Waals surface area contributed by atoms with E-state index in [-0.39, 0.29) is 5.91 Å². The predicted octanol–water partition coefficient (Wildman–Crippen LogP) is 2.30. The van der Waals surface area contributed by atoms with Gasteiger partial charge in [0.1, 0.15) is 5.75 Å². The van der Waals surface area contributed by atoms with Crippen molar-refractivity contribution < 1.29 is 9.53 Å². The molecule has 1 fully saturated rings. The molecule has 0 atom stereocenters. The van der Waals surface area contributed by atoms with E-state index in [0.29, 0.717) is 0 Å². The van der Waals surface area contributed by atoms with E-state index in [2.05, 4.69) is 12.2 Å². The van der Waals surface area contributed by atoms with Crippen LogP contribution in [0.25, 0.3) is 0 Å². The molecule has 4 heteroatoms. The SMILES string of the molecule is CCCCCOc1ccc(C(=O)N2CCNCC2)cc1. The second-order valence-corrected chi connectivity index (χ2v) is 5.12. The molecular formula is C16H24N2O2. The highest BCUT2D eigenvalue weighted by Gasteiger charge is 2.17. The van der Waals surface area contributed by atoms with Gasteiger partial charge in [-0.25, -0.2) is 0 Å². The van der Waals surface area contributed by atoms with Gasteiger partial charge in [-0.3, -0.25) is 4.79 Å². The molecule has 0 aliphatic carbocycles. The maximum atomic E-state index is 12.3. The molecule has 0 aromatic heterocycles. The fourth-order valence-corrected chi connectivity index (χ4v) is 2.29. The van der Waals surface area contributed by atoms with Crippen LogP contribution in [0.1, 0.15) is 36.5 Å². The van der Waals surface area contributed by atoms with E-state index >= 15 is 0 Å². The second kappa shape index (κ2) is 7.90. The molecule has 110 valence electrons. The van der Waals surface area contributed by atoms with Gasteiger partial charge in [0, 0.05) is 31.7 Å². The summed E-state index contributed by atoms with van der Waals surface area (Å²) in [5, 5.41) is 3.25. The number of ether oxygens (including phenoxy) is 1. The van der Waals surface area contributed by atoms with E-state index in [1.165, 1.54) is 12.8 Å². The van der Waals surface area contributed by atoms with Gasteiger partial charge in [-0.2, -0.15) is 0 Å². The lowest BCUT2D eigenvalue weighted by atomic mass is 10.2. The lowest BCUT2D eigenvalue weighted by molar-refractivity contribution is 0.0736. The summed E-state index contributed by atoms with van der Waals surface area (Å²) in [5.74, 6) is 0.960. The second-order valence-electron chi connectivity index (χ2n) is 5.12. The number of carbonyl (C=O) groups is 1. The van der Waals surface area contributed by atoms with Crippen LogP contribution in [-0.4, -0.2) is 43.6 Å². The Balaban J connectivity index is 1.85. The van der Waals surface area contributed by atoms with Crippen LogP contribution < -0.4 is 10.1 Å². The Morgan fingerprint density at radius 1 is 1.20 bits per heavy atom. The molecule has 2 rings (SSSR count). The van der Waals surface area contributed by atoms with Crippen LogP contribution in [0, 0.1) is 0 Å². The monoisotopic (exact) mass is 276 g/mol. The lowest BCUT2D eigenvalue weighted by Gasteiger charge is -2.27. The molecule has 0 saturated carbocycles. The van der Waals surface area contributed by atoms with Gasteiger partial charge >= 0.3 is 0 Å². The predicted molar refractivity (Wildman–Crippen MR) is 80.2 cm³/mol. The van der Waals surface area contributed by atoms with Crippen LogP contribution in [0.2, 0.25) is 0 Å². The first-order chi connectivity index (χ1) is 9.81. The number of nitrogens with one attached hydrogen (secondary N) is 1. The average molecular weight is 276 g/mol. The molecule has 1 heterocycles. The zero-order valence-corrected chi connectivity index (χ0v) is 12.2. The van der Waals surface area contributed by atoms with Gasteiger partial charge in [-0.15, -0.1) is 0 Å². The van der Waals surface area contributed by atoms with Crippen molar-refractivity contribution in [3.05, 3.63) is 29.8 Å². The molecule has 0 spiro atoms. The Bertz CT molecular complexity index is 411. The quantitative estimate of drug-likeness (QED) is 0.811. The zero-order chi connectivity index (χ0) is 14.2. The normalized spacial score (nSPS) is 15.2. The molecule has 1 aromatic rings. The summed E-state index contributed by atoms with van der Waals surface area (Å²) < 4.78 is 5.65. The molecule has 4 nitrogen and oxygen atoms in total. The van der Waals surface area contributed by atoms with Crippen molar-refractivity contribution >= 4 is 5.91 Å². The number of amides is 1. The highest BCUT2D eigenvalue weighted by molar-refractivity contribution is 5.94. The summed E-state index contributed by atoms with van der Waals surface area (Å²) in [6.45, 7) is 6.26. The molecular weight excluding hydrogens is 252 g/mol. The van der Waals surface area contributed by atoms with Crippen molar-refractivity contribution in [2.75, 3.05) is 32.8 Å². The summed E-state index contributed by atoms with van der Waals surface area (Å²) in [5.41, 5.74) is 0.743. The van der Waals surface area contributed by atoms with Crippen molar-refractivity contribution in [1.82, 2.24) is 10.2 Å². The van der Waals surface area contributed by atoms with Crippen molar-refractivity contribution in [2.45, 2.75) is 26.2 Å². The third-order valence-corrected chi connectivity index (χ3v) is 3.52. The number of benzene rings is 1. The fourth-order valence-electron chi connectivity index (χ4n) is 2.29. The topological polar surface area (TPSA) is 41.6 Å². The smallest absolute Gasteiger partial charge is 0.253 e. The first kappa shape index (κ1) is 14.9. The minimum Gasteiger partial charge on any atom is -0.494 e. The standard InChI is InChI=1S/C16H24N2O2/c1-2-3-4-13-20-15-7-5-14(6-8-15)16(19)18-11-9-17-10-12-18/h5-8,17H,2-4,9-13H2,1H3. The zero-order valence-electron chi connectivity index (χ0n) is 12.2. The third-order valence-electron chi connectivity index (χ3n) is 3.52. The molecule has 1 amide bonds. The van der Waals surface area contributed by atoms with Gasteiger partial charge in [-0.1, -0.05) is 19.8 Å². The Labute approximate surface area is 121 Å². The number of unbranched alkanes of at least 4 members (excludes halogenated alkanes) is 2. The molecule has 1 N–H and O–H groups in total. The van der Waals surface area contributed by atoms with Crippen molar-refractivity contribution in [2.24, 2.45) is 0 Å². The maximum absolute atomic E-state index is 12.3. The van der Waals surface area contributed by atoms with E-state index in [9.17, 15) is 4.79 Å². The number of piperazine rings is 1. The van der Waals surface area contributed by atoms with E-state index < -0.39 is 0 Å². The van der Waals surface area contributed by atoms with Gasteiger partial charge in [0.15, 0.2) is 0 Å². The number of hydrogen-bond donors (Lipinski definition) is 1. The lowest BCUT2D eigenvalue weighted by Crippen LogP contribution is -2.46. The highest BCUT2D eigenvalue weighted by Crippen LogP contribution is 2.14. The van der Waals surface area contributed by atoms with Crippen LogP contribution in [0.15, 0.2) is 24.3 Å². The molecule has 1 aliphatic heterocycles. The van der Waals surface area contributed by atoms with Crippen LogP contribution >= 0.6 is 0 Å². The van der Waals surface area contributed by atoms with Crippen molar-refractivity contribution in [3.63, 3.8) is 0 Å². The van der Waals surface area contributed by atoms with Gasteiger partial charge in [0.25, 0.3) is 5.91 Å². The van der Waals surface area contributed by atoms with E-state index in [1.54, 1.807) is 0 Å². The van der Waals surface area contributed by atoms with Gasteiger partial charge in [0.05, 0.1) is 6.61 Å². The Morgan fingerprint density at radius 3 is 2.55 bits per heavy atom. The average Bonchev–Trinajstić information content (AvgIpc) is 2.52. The molecule has 0 radical (unpaired) electrons. The number of rotatable bonds is 6. The van der Waals surface area contributed by atoms with E-state index in [0.717, 1.165) is 50.5 Å². The number of carbonyl (C=O) groups excluding carboxylic acids is 1. The number of nitrogens with zero attached hydrogens (tertiary/aromatic N) is 1. The van der Waals surface area contributed by atoms with Crippen molar-refractivity contribution in [1.29, 1.82) is 0 Å². The summed E-state index contributed by atoms with van der Waals surface area (Å²) in [6, 6.07) is 7.50. The molecule has 20 heavy (non-hydrogen) atoms. The van der Waals surface area contributed by atoms with Gasteiger partial charge < -0.3 is 15.0 Å². The Morgan fingerprint density at radius 2 is 1.90 bits per heavy atom. The molecule has 1 aliphatic rings. The third kappa shape index (κ3) is 4.23. The largest absolute Gasteiger partial charge is 0.494 e. The van der Waals surface area contributed by atoms with E-state index in [1.807, 2.05) is 29.2 Å². The first-order valence-corrected chi connectivity index (χ1v) is 7.54. The van der Waals surface area contributed by atoms with Crippen LogP contribution in [0.3, 0.4) is 0 Å². The maximum Gasteiger partial charge on any atom is 0.253 e. The Kier molecular flexibility index (Phi) is 5.87. The van der Waals surface area contributed by atoms with Crippen LogP contribution in [0.5, 0.6) is 5.75 Å². The summed E-state index contributed by atoms with van der Waals surface area (Å²) in [7, 11) is 0. The Hall–Kier alpha value is -1.55. The molecule has 1 saturated heterocycles. The summed E-state index contributed by atoms with van der Waals surface area (Å²) in [6.07, 6.45) is 3.47. The van der Waals surface area contributed by atoms with E-state index in [4.69, 9.17) is 4.74 Å². The molecule has 1 aromatic carbocycles. The molecule has 0 bridgehead atoms.